The lowest BCUT2D eigenvalue weighted by Crippen LogP contribution is -2.50. The number of hydrogen-bond acceptors (Lipinski definition) is 6. The summed E-state index contributed by atoms with van der Waals surface area (Å²) < 4.78 is 5.52. The summed E-state index contributed by atoms with van der Waals surface area (Å²) in [4.78, 5) is 38.4. The molecule has 0 spiro atoms. The summed E-state index contributed by atoms with van der Waals surface area (Å²) in [5, 5.41) is 2.95. The summed E-state index contributed by atoms with van der Waals surface area (Å²) in [5.74, 6) is -0.190. The first-order chi connectivity index (χ1) is 13.6. The quantitative estimate of drug-likeness (QED) is 0.758. The monoisotopic (exact) mass is 390 g/mol. The molecule has 0 aliphatic carbocycles. The molecule has 1 aromatic heterocycles. The Morgan fingerprint density at radius 2 is 2.04 bits per heavy atom. The minimum absolute atomic E-state index is 0.0616. The van der Waals surface area contributed by atoms with Crippen molar-refractivity contribution in [2.75, 3.05) is 53.5 Å². The lowest BCUT2D eigenvalue weighted by molar-refractivity contribution is 0.0188. The fourth-order valence-electron chi connectivity index (χ4n) is 3.96. The molecular formula is C19H30N6O3. The minimum atomic E-state index is -0.190. The maximum atomic E-state index is 12.3. The number of aromatic nitrogens is 2. The van der Waals surface area contributed by atoms with Gasteiger partial charge in [-0.15, -0.1) is 0 Å². The number of nitrogens with zero attached hydrogens (tertiary/aromatic N) is 5. The van der Waals surface area contributed by atoms with E-state index in [0.29, 0.717) is 24.3 Å². The number of carbonyl (C=O) groups is 2. The number of nitrogens with one attached hydrogen (secondary N) is 1. The molecule has 0 radical (unpaired) electrons. The Morgan fingerprint density at radius 1 is 1.25 bits per heavy atom. The van der Waals surface area contributed by atoms with Gasteiger partial charge in [-0.2, -0.15) is 0 Å². The summed E-state index contributed by atoms with van der Waals surface area (Å²) in [5.41, 5.74) is 0.372. The van der Waals surface area contributed by atoms with Gasteiger partial charge in [-0.1, -0.05) is 0 Å². The van der Waals surface area contributed by atoms with E-state index in [1.165, 1.54) is 6.33 Å². The van der Waals surface area contributed by atoms with Crippen LogP contribution < -0.4 is 5.32 Å². The highest BCUT2D eigenvalue weighted by Crippen LogP contribution is 2.23. The van der Waals surface area contributed by atoms with Crippen molar-refractivity contribution < 1.29 is 14.3 Å². The number of carbonyl (C=O) groups excluding carboxylic acids is 2. The van der Waals surface area contributed by atoms with Crippen LogP contribution in [0.25, 0.3) is 0 Å². The highest BCUT2D eigenvalue weighted by atomic mass is 16.5. The zero-order valence-electron chi connectivity index (χ0n) is 16.7. The molecule has 154 valence electrons. The largest absolute Gasteiger partial charge is 0.381 e. The van der Waals surface area contributed by atoms with Crippen LogP contribution in [0.15, 0.2) is 18.6 Å². The number of hydrogen-bond donors (Lipinski definition) is 1. The Bertz CT molecular complexity index is 650. The van der Waals surface area contributed by atoms with Gasteiger partial charge in [0.25, 0.3) is 5.91 Å². The number of ether oxygens (including phenoxy) is 1. The van der Waals surface area contributed by atoms with Gasteiger partial charge in [0.05, 0.1) is 0 Å². The molecule has 3 rings (SSSR count). The normalized spacial score (nSPS) is 20.4. The third-order valence-corrected chi connectivity index (χ3v) is 5.42. The van der Waals surface area contributed by atoms with E-state index in [1.807, 2.05) is 4.90 Å². The van der Waals surface area contributed by atoms with Gasteiger partial charge >= 0.3 is 6.03 Å². The highest BCUT2D eigenvalue weighted by molar-refractivity contribution is 5.92. The van der Waals surface area contributed by atoms with Crippen molar-refractivity contribution in [1.82, 2.24) is 30.0 Å². The standard InChI is InChI=1S/C19H30N6O3/c1-23(2)19(27)24-9-4-16(13-24)25(15-5-11-28-12-6-15)10-8-21-18(26)17-3-7-20-14-22-17/h3,7,14-16H,4-6,8-13H2,1-2H3,(H,21,26). The average Bonchev–Trinajstić information content (AvgIpc) is 3.21. The van der Waals surface area contributed by atoms with Gasteiger partial charge in [0.15, 0.2) is 0 Å². The second-order valence-electron chi connectivity index (χ2n) is 7.50. The van der Waals surface area contributed by atoms with Gasteiger partial charge in [-0.3, -0.25) is 9.69 Å². The molecule has 0 saturated carbocycles. The lowest BCUT2D eigenvalue weighted by atomic mass is 10.0. The van der Waals surface area contributed by atoms with Crippen molar-refractivity contribution in [2.24, 2.45) is 0 Å². The van der Waals surface area contributed by atoms with Gasteiger partial charge in [0.1, 0.15) is 12.0 Å². The highest BCUT2D eigenvalue weighted by Gasteiger charge is 2.34. The summed E-state index contributed by atoms with van der Waals surface area (Å²) in [6.07, 6.45) is 5.86. The second-order valence-corrected chi connectivity index (χ2v) is 7.50. The Hall–Kier alpha value is -2.26. The van der Waals surface area contributed by atoms with E-state index >= 15 is 0 Å². The van der Waals surface area contributed by atoms with Crippen molar-refractivity contribution in [3.05, 3.63) is 24.3 Å². The van der Waals surface area contributed by atoms with Gasteiger partial charge in [-0.25, -0.2) is 14.8 Å². The molecule has 3 amide bonds. The number of rotatable bonds is 6. The van der Waals surface area contributed by atoms with E-state index < -0.39 is 0 Å². The molecule has 0 aromatic carbocycles. The van der Waals surface area contributed by atoms with Crippen LogP contribution in [0, 0.1) is 0 Å². The predicted octanol–water partition coefficient (Wildman–Crippen LogP) is 0.443. The van der Waals surface area contributed by atoms with Crippen molar-refractivity contribution in [3.63, 3.8) is 0 Å². The van der Waals surface area contributed by atoms with Crippen LogP contribution in [0.3, 0.4) is 0 Å². The van der Waals surface area contributed by atoms with Crippen molar-refractivity contribution >= 4 is 11.9 Å². The van der Waals surface area contributed by atoms with E-state index in [9.17, 15) is 9.59 Å². The Kier molecular flexibility index (Phi) is 7.16. The average molecular weight is 390 g/mol. The molecule has 9 heteroatoms. The summed E-state index contributed by atoms with van der Waals surface area (Å²) in [6.45, 7) is 4.32. The molecule has 3 heterocycles. The first-order valence-electron chi connectivity index (χ1n) is 9.90. The fourth-order valence-corrected chi connectivity index (χ4v) is 3.96. The van der Waals surface area contributed by atoms with E-state index in [0.717, 1.165) is 52.1 Å². The Morgan fingerprint density at radius 3 is 2.71 bits per heavy atom. The summed E-state index contributed by atoms with van der Waals surface area (Å²) >= 11 is 0. The van der Waals surface area contributed by atoms with Gasteiger partial charge in [0.2, 0.25) is 0 Å². The zero-order chi connectivity index (χ0) is 19.9. The van der Waals surface area contributed by atoms with Crippen LogP contribution in [0.5, 0.6) is 0 Å². The SMILES string of the molecule is CN(C)C(=O)N1CCC(N(CCNC(=O)c2ccncn2)C2CCOCC2)C1. The number of amides is 3. The molecule has 1 atom stereocenters. The molecule has 1 N–H and O–H groups in total. The predicted molar refractivity (Wildman–Crippen MR) is 104 cm³/mol. The first-order valence-corrected chi connectivity index (χ1v) is 9.90. The Labute approximate surface area is 166 Å². The van der Waals surface area contributed by atoms with Crippen LogP contribution in [0.1, 0.15) is 29.8 Å². The van der Waals surface area contributed by atoms with Gasteiger partial charge in [0, 0.05) is 71.8 Å². The van der Waals surface area contributed by atoms with Crippen LogP contribution in [0.2, 0.25) is 0 Å². The lowest BCUT2D eigenvalue weighted by Gasteiger charge is -2.38. The third-order valence-electron chi connectivity index (χ3n) is 5.42. The molecule has 1 aromatic rings. The third kappa shape index (κ3) is 5.17. The van der Waals surface area contributed by atoms with Crippen molar-refractivity contribution in [3.8, 4) is 0 Å². The fraction of sp³-hybridized carbons (Fsp3) is 0.684. The maximum absolute atomic E-state index is 12.3. The summed E-state index contributed by atoms with van der Waals surface area (Å²) in [7, 11) is 3.57. The minimum Gasteiger partial charge on any atom is -0.381 e. The van der Waals surface area contributed by atoms with Crippen LogP contribution in [0.4, 0.5) is 4.79 Å². The second kappa shape index (κ2) is 9.79. The molecule has 2 aliphatic heterocycles. The topological polar surface area (TPSA) is 90.9 Å². The smallest absolute Gasteiger partial charge is 0.319 e. The molecule has 9 nitrogen and oxygen atoms in total. The molecule has 2 aliphatic rings. The molecule has 2 fully saturated rings. The molecule has 0 bridgehead atoms. The van der Waals surface area contributed by atoms with E-state index in [1.54, 1.807) is 31.3 Å². The molecule has 2 saturated heterocycles. The molecular weight excluding hydrogens is 360 g/mol. The first kappa shape index (κ1) is 20.5. The van der Waals surface area contributed by atoms with Crippen LogP contribution in [-0.4, -0.2) is 102 Å². The van der Waals surface area contributed by atoms with E-state index in [2.05, 4.69) is 20.2 Å². The zero-order valence-corrected chi connectivity index (χ0v) is 16.7. The van der Waals surface area contributed by atoms with Crippen LogP contribution in [-0.2, 0) is 4.74 Å². The Balaban J connectivity index is 1.58. The maximum Gasteiger partial charge on any atom is 0.319 e. The number of likely N-dealkylation sites (tertiary alicyclic amines) is 1. The van der Waals surface area contributed by atoms with Gasteiger partial charge < -0.3 is 19.9 Å². The van der Waals surface area contributed by atoms with Gasteiger partial charge in [-0.05, 0) is 25.3 Å². The van der Waals surface area contributed by atoms with Crippen molar-refractivity contribution in [2.45, 2.75) is 31.3 Å². The number of urea groups is 1. The summed E-state index contributed by atoms with van der Waals surface area (Å²) in [6, 6.07) is 2.39. The molecule has 28 heavy (non-hydrogen) atoms. The van der Waals surface area contributed by atoms with E-state index in [-0.39, 0.29) is 11.9 Å². The van der Waals surface area contributed by atoms with E-state index in [4.69, 9.17) is 4.74 Å². The van der Waals surface area contributed by atoms with Crippen molar-refractivity contribution in [1.29, 1.82) is 0 Å². The van der Waals surface area contributed by atoms with Crippen LogP contribution >= 0.6 is 0 Å². The molecule has 1 unspecified atom stereocenters.